The topological polar surface area (TPSA) is 102 Å². The lowest BCUT2D eigenvalue weighted by molar-refractivity contribution is 0.0599. The molecule has 0 spiro atoms. The predicted octanol–water partition coefficient (Wildman–Crippen LogP) is 3.22. The SMILES string of the molecule is COC(=O)c1ccccc1Cn1cc(NC(=O)c2n[nH]c(Br)c2Br)cn1. The summed E-state index contributed by atoms with van der Waals surface area (Å²) in [6.07, 6.45) is 3.19. The Bertz CT molecular complexity index is 966. The van der Waals surface area contributed by atoms with Crippen molar-refractivity contribution >= 4 is 49.4 Å². The minimum Gasteiger partial charge on any atom is -0.465 e. The number of aromatic nitrogens is 4. The van der Waals surface area contributed by atoms with Crippen molar-refractivity contribution in [2.24, 2.45) is 0 Å². The summed E-state index contributed by atoms with van der Waals surface area (Å²) in [5.74, 6) is -0.788. The standard InChI is InChI=1S/C16H13Br2N5O3/c1-26-16(25)11-5-3-2-4-9(11)7-23-8-10(6-19-23)20-15(24)13-12(17)14(18)22-21-13/h2-6,8H,7H2,1H3,(H,20,24)(H,21,22). The lowest BCUT2D eigenvalue weighted by Gasteiger charge is -2.07. The molecule has 8 nitrogen and oxygen atoms in total. The Balaban J connectivity index is 1.74. The third kappa shape index (κ3) is 3.86. The van der Waals surface area contributed by atoms with Crippen molar-refractivity contribution in [3.8, 4) is 0 Å². The van der Waals surface area contributed by atoms with E-state index in [0.717, 1.165) is 5.56 Å². The number of H-pyrrole nitrogens is 1. The quantitative estimate of drug-likeness (QED) is 0.543. The van der Waals surface area contributed by atoms with Crippen molar-refractivity contribution in [1.82, 2.24) is 20.0 Å². The van der Waals surface area contributed by atoms with Crippen LogP contribution in [0.25, 0.3) is 0 Å². The molecule has 0 aliphatic heterocycles. The van der Waals surface area contributed by atoms with Crippen LogP contribution in [-0.4, -0.2) is 39.0 Å². The number of nitrogens with zero attached hydrogens (tertiary/aromatic N) is 3. The number of halogens is 2. The summed E-state index contributed by atoms with van der Waals surface area (Å²) >= 11 is 6.51. The van der Waals surface area contributed by atoms with Gasteiger partial charge < -0.3 is 10.1 Å². The fourth-order valence-corrected chi connectivity index (χ4v) is 2.94. The molecule has 0 saturated heterocycles. The molecular formula is C16H13Br2N5O3. The predicted molar refractivity (Wildman–Crippen MR) is 101 cm³/mol. The monoisotopic (exact) mass is 481 g/mol. The van der Waals surface area contributed by atoms with Gasteiger partial charge in [0.25, 0.3) is 5.91 Å². The molecule has 0 aliphatic carbocycles. The van der Waals surface area contributed by atoms with E-state index in [4.69, 9.17) is 4.74 Å². The first-order chi connectivity index (χ1) is 12.5. The summed E-state index contributed by atoms with van der Waals surface area (Å²) in [4.78, 5) is 24.1. The molecule has 0 saturated carbocycles. The summed E-state index contributed by atoms with van der Waals surface area (Å²) in [5, 5.41) is 13.5. The Hall–Kier alpha value is -2.46. The summed E-state index contributed by atoms with van der Waals surface area (Å²) in [5.41, 5.74) is 1.97. The Morgan fingerprint density at radius 1 is 1.31 bits per heavy atom. The molecule has 1 aromatic carbocycles. The first-order valence-electron chi connectivity index (χ1n) is 7.39. The van der Waals surface area contributed by atoms with Crippen molar-refractivity contribution < 1.29 is 14.3 Å². The number of carbonyl (C=O) groups is 2. The van der Waals surface area contributed by atoms with Crippen molar-refractivity contribution in [3.63, 3.8) is 0 Å². The van der Waals surface area contributed by atoms with E-state index in [9.17, 15) is 9.59 Å². The average molecular weight is 483 g/mol. The molecule has 0 atom stereocenters. The van der Waals surface area contributed by atoms with E-state index in [1.165, 1.54) is 13.3 Å². The number of carbonyl (C=O) groups excluding carboxylic acids is 2. The molecular weight excluding hydrogens is 470 g/mol. The summed E-state index contributed by atoms with van der Waals surface area (Å²) in [6, 6.07) is 7.12. The van der Waals surface area contributed by atoms with Gasteiger partial charge in [-0.15, -0.1) is 0 Å². The Kier molecular flexibility index (Phi) is 5.52. The molecule has 0 fully saturated rings. The zero-order valence-corrected chi connectivity index (χ0v) is 16.7. The summed E-state index contributed by atoms with van der Waals surface area (Å²) in [7, 11) is 1.34. The van der Waals surface area contributed by atoms with Gasteiger partial charge in [-0.05, 0) is 43.5 Å². The highest BCUT2D eigenvalue weighted by Gasteiger charge is 2.17. The van der Waals surface area contributed by atoms with Gasteiger partial charge in [0.05, 0.1) is 35.6 Å². The van der Waals surface area contributed by atoms with Crippen LogP contribution < -0.4 is 5.32 Å². The fourth-order valence-electron chi connectivity index (χ4n) is 2.30. The molecule has 0 unspecified atom stereocenters. The second-order valence-corrected chi connectivity index (χ2v) is 6.82. The normalized spacial score (nSPS) is 10.6. The fraction of sp³-hybridized carbons (Fsp3) is 0.125. The van der Waals surface area contributed by atoms with Crippen LogP contribution in [0.1, 0.15) is 26.4 Å². The van der Waals surface area contributed by atoms with E-state index < -0.39 is 5.97 Å². The largest absolute Gasteiger partial charge is 0.465 e. The highest BCUT2D eigenvalue weighted by molar-refractivity contribution is 9.13. The number of ether oxygens (including phenoxy) is 1. The second-order valence-electron chi connectivity index (χ2n) is 5.23. The first-order valence-corrected chi connectivity index (χ1v) is 8.97. The van der Waals surface area contributed by atoms with E-state index in [-0.39, 0.29) is 11.6 Å². The summed E-state index contributed by atoms with van der Waals surface area (Å²) < 4.78 is 7.53. The number of aromatic amines is 1. The lowest BCUT2D eigenvalue weighted by Crippen LogP contribution is -2.12. The molecule has 2 N–H and O–H groups in total. The van der Waals surface area contributed by atoms with E-state index >= 15 is 0 Å². The molecule has 1 amide bonds. The maximum absolute atomic E-state index is 12.3. The van der Waals surface area contributed by atoms with Crippen LogP contribution in [0.2, 0.25) is 0 Å². The van der Waals surface area contributed by atoms with Crippen LogP contribution in [0.5, 0.6) is 0 Å². The molecule has 2 aromatic heterocycles. The average Bonchev–Trinajstić information content (AvgIpc) is 3.21. The van der Waals surface area contributed by atoms with Crippen LogP contribution >= 0.6 is 31.9 Å². The van der Waals surface area contributed by atoms with E-state index in [0.29, 0.717) is 26.9 Å². The second kappa shape index (κ2) is 7.83. The maximum atomic E-state index is 12.3. The van der Waals surface area contributed by atoms with Crippen LogP contribution in [0, 0.1) is 0 Å². The van der Waals surface area contributed by atoms with E-state index in [2.05, 4.69) is 52.5 Å². The Labute approximate surface area is 165 Å². The number of esters is 1. The molecule has 0 aliphatic rings. The van der Waals surface area contributed by atoms with Crippen molar-refractivity contribution in [2.75, 3.05) is 12.4 Å². The number of hydrogen-bond acceptors (Lipinski definition) is 5. The van der Waals surface area contributed by atoms with Gasteiger partial charge in [-0.2, -0.15) is 10.2 Å². The first kappa shape index (κ1) is 18.3. The molecule has 0 bridgehead atoms. The molecule has 10 heteroatoms. The van der Waals surface area contributed by atoms with Gasteiger partial charge >= 0.3 is 5.97 Å². The third-order valence-corrected chi connectivity index (χ3v) is 5.41. The zero-order chi connectivity index (χ0) is 18.7. The summed E-state index contributed by atoms with van der Waals surface area (Å²) in [6.45, 7) is 0.360. The van der Waals surface area contributed by atoms with Crippen LogP contribution in [0.3, 0.4) is 0 Å². The third-order valence-electron chi connectivity index (χ3n) is 3.53. The molecule has 26 heavy (non-hydrogen) atoms. The van der Waals surface area contributed by atoms with Gasteiger partial charge in [0, 0.05) is 6.20 Å². The molecule has 3 rings (SSSR count). The van der Waals surface area contributed by atoms with Crippen LogP contribution in [0.15, 0.2) is 45.7 Å². The van der Waals surface area contributed by atoms with Gasteiger partial charge in [-0.1, -0.05) is 18.2 Å². The van der Waals surface area contributed by atoms with Crippen LogP contribution in [0.4, 0.5) is 5.69 Å². The lowest BCUT2D eigenvalue weighted by atomic mass is 10.1. The number of benzene rings is 1. The molecule has 0 radical (unpaired) electrons. The molecule has 3 aromatic rings. The molecule has 134 valence electrons. The maximum Gasteiger partial charge on any atom is 0.338 e. The number of amides is 1. The Morgan fingerprint density at radius 3 is 2.77 bits per heavy atom. The highest BCUT2D eigenvalue weighted by Crippen LogP contribution is 2.24. The minimum atomic E-state index is -0.407. The Morgan fingerprint density at radius 2 is 2.08 bits per heavy atom. The number of methoxy groups -OCH3 is 1. The van der Waals surface area contributed by atoms with Gasteiger partial charge in [-0.25, -0.2) is 4.79 Å². The van der Waals surface area contributed by atoms with E-state index in [1.54, 1.807) is 23.0 Å². The smallest absolute Gasteiger partial charge is 0.338 e. The minimum absolute atomic E-state index is 0.223. The number of rotatable bonds is 5. The van der Waals surface area contributed by atoms with Gasteiger partial charge in [0.1, 0.15) is 4.60 Å². The zero-order valence-electron chi connectivity index (χ0n) is 13.5. The van der Waals surface area contributed by atoms with Crippen LogP contribution in [-0.2, 0) is 11.3 Å². The van der Waals surface area contributed by atoms with Gasteiger partial charge in [-0.3, -0.25) is 14.6 Å². The number of hydrogen-bond donors (Lipinski definition) is 2. The number of nitrogens with one attached hydrogen (secondary N) is 2. The van der Waals surface area contributed by atoms with Crippen molar-refractivity contribution in [2.45, 2.75) is 6.54 Å². The molecule has 2 heterocycles. The van der Waals surface area contributed by atoms with Crippen molar-refractivity contribution in [3.05, 3.63) is 62.6 Å². The van der Waals surface area contributed by atoms with E-state index in [1.807, 2.05) is 12.1 Å². The van der Waals surface area contributed by atoms with Gasteiger partial charge in [0.2, 0.25) is 0 Å². The highest BCUT2D eigenvalue weighted by atomic mass is 79.9. The van der Waals surface area contributed by atoms with Crippen molar-refractivity contribution in [1.29, 1.82) is 0 Å². The number of anilines is 1. The van der Waals surface area contributed by atoms with Gasteiger partial charge in [0.15, 0.2) is 5.69 Å².